The lowest BCUT2D eigenvalue weighted by Gasteiger charge is -2.28. The van der Waals surface area contributed by atoms with E-state index in [2.05, 4.69) is 5.32 Å². The van der Waals surface area contributed by atoms with Gasteiger partial charge in [-0.05, 0) is 12.3 Å². The van der Waals surface area contributed by atoms with Gasteiger partial charge in [0.25, 0.3) is 0 Å². The zero-order chi connectivity index (χ0) is 15.5. The Balaban J connectivity index is 2.62. The summed E-state index contributed by atoms with van der Waals surface area (Å²) in [4.78, 5) is 24.2. The molecule has 0 saturated carbocycles. The molecule has 116 valence electrons. The molecule has 2 unspecified atom stereocenters. The third-order valence-electron chi connectivity index (χ3n) is 3.58. The largest absolute Gasteiger partial charge is 0.481 e. The van der Waals surface area contributed by atoms with Crippen LogP contribution in [0.3, 0.4) is 0 Å². The minimum Gasteiger partial charge on any atom is -0.481 e. The van der Waals surface area contributed by atoms with Crippen LogP contribution in [0.4, 0.5) is 4.79 Å². The third kappa shape index (κ3) is 4.66. The Hall–Kier alpha value is -1.31. The van der Waals surface area contributed by atoms with Gasteiger partial charge >= 0.3 is 12.0 Å². The average molecular weight is 306 g/mol. The van der Waals surface area contributed by atoms with Crippen LogP contribution >= 0.6 is 0 Å². The molecule has 0 aromatic carbocycles. The molecule has 0 aromatic heterocycles. The molecular weight excluding hydrogens is 284 g/mol. The Morgan fingerprint density at radius 2 is 2.00 bits per heavy atom. The third-order valence-corrected chi connectivity index (χ3v) is 5.33. The second-order valence-electron chi connectivity index (χ2n) is 5.57. The van der Waals surface area contributed by atoms with E-state index in [1.807, 2.05) is 13.8 Å². The molecule has 8 heteroatoms. The van der Waals surface area contributed by atoms with Gasteiger partial charge in [0, 0.05) is 19.1 Å². The molecule has 1 aliphatic rings. The second-order valence-corrected chi connectivity index (χ2v) is 7.79. The molecule has 2 N–H and O–H groups in total. The maximum absolute atomic E-state index is 12.1. The molecule has 0 aliphatic carbocycles. The van der Waals surface area contributed by atoms with E-state index in [0.29, 0.717) is 6.42 Å². The predicted octanol–water partition coefficient (Wildman–Crippen LogP) is 0.314. The number of amides is 2. The van der Waals surface area contributed by atoms with E-state index in [0.717, 1.165) is 0 Å². The molecule has 1 saturated heterocycles. The van der Waals surface area contributed by atoms with Crippen LogP contribution in [-0.2, 0) is 14.6 Å². The lowest BCUT2D eigenvalue weighted by Crippen LogP contribution is -2.49. The Morgan fingerprint density at radius 3 is 2.40 bits per heavy atom. The van der Waals surface area contributed by atoms with Gasteiger partial charge in [-0.3, -0.25) is 4.79 Å². The quantitative estimate of drug-likeness (QED) is 0.761. The standard InChI is InChI=1S/C12H22N2O5S/c1-8(2)10(6-11(15)16)13-12(17)14(3)9-4-5-20(18,19)7-9/h8-10H,4-7H2,1-3H3,(H,13,17)(H,15,16). The number of nitrogens with one attached hydrogen (secondary N) is 1. The normalized spacial score (nSPS) is 22.5. The molecule has 1 rings (SSSR count). The van der Waals surface area contributed by atoms with Crippen molar-refractivity contribution in [1.82, 2.24) is 10.2 Å². The summed E-state index contributed by atoms with van der Waals surface area (Å²) < 4.78 is 22.8. The Bertz CT molecular complexity index is 474. The van der Waals surface area contributed by atoms with E-state index >= 15 is 0 Å². The first-order valence-electron chi connectivity index (χ1n) is 6.58. The van der Waals surface area contributed by atoms with Crippen molar-refractivity contribution in [2.45, 2.75) is 38.8 Å². The number of urea groups is 1. The maximum atomic E-state index is 12.1. The summed E-state index contributed by atoms with van der Waals surface area (Å²) in [5.41, 5.74) is 0. The van der Waals surface area contributed by atoms with E-state index in [1.54, 1.807) is 7.05 Å². The molecule has 0 bridgehead atoms. The van der Waals surface area contributed by atoms with Crippen LogP contribution in [0.15, 0.2) is 0 Å². The Morgan fingerprint density at radius 1 is 1.40 bits per heavy atom. The topological polar surface area (TPSA) is 104 Å². The number of hydrogen-bond acceptors (Lipinski definition) is 4. The fourth-order valence-corrected chi connectivity index (χ4v) is 3.92. The fourth-order valence-electron chi connectivity index (χ4n) is 2.15. The van der Waals surface area contributed by atoms with Crippen LogP contribution in [0.5, 0.6) is 0 Å². The first-order valence-corrected chi connectivity index (χ1v) is 8.40. The first kappa shape index (κ1) is 16.7. The summed E-state index contributed by atoms with van der Waals surface area (Å²) in [6, 6.07) is -1.23. The van der Waals surface area contributed by atoms with Gasteiger partial charge in [-0.15, -0.1) is 0 Å². The molecule has 1 aliphatic heterocycles. The van der Waals surface area contributed by atoms with Crippen molar-refractivity contribution in [2.24, 2.45) is 5.92 Å². The van der Waals surface area contributed by atoms with Gasteiger partial charge in [0.2, 0.25) is 0 Å². The lowest BCUT2D eigenvalue weighted by molar-refractivity contribution is -0.137. The highest BCUT2D eigenvalue weighted by molar-refractivity contribution is 7.91. The van der Waals surface area contributed by atoms with Gasteiger partial charge in [-0.1, -0.05) is 13.8 Å². The minimum atomic E-state index is -3.05. The van der Waals surface area contributed by atoms with Crippen molar-refractivity contribution in [3.05, 3.63) is 0 Å². The maximum Gasteiger partial charge on any atom is 0.317 e. The number of sulfone groups is 1. The van der Waals surface area contributed by atoms with Crippen molar-refractivity contribution >= 4 is 21.8 Å². The molecule has 0 radical (unpaired) electrons. The molecule has 0 spiro atoms. The molecule has 2 atom stereocenters. The lowest BCUT2D eigenvalue weighted by atomic mass is 10.0. The number of carboxylic acids is 1. The van der Waals surface area contributed by atoms with E-state index in [-0.39, 0.29) is 29.9 Å². The summed E-state index contributed by atoms with van der Waals surface area (Å²) in [5.74, 6) is -0.925. The van der Waals surface area contributed by atoms with Crippen molar-refractivity contribution < 1.29 is 23.1 Å². The Labute approximate surface area is 119 Å². The molecule has 20 heavy (non-hydrogen) atoms. The molecule has 0 aromatic rings. The smallest absolute Gasteiger partial charge is 0.317 e. The molecule has 7 nitrogen and oxygen atoms in total. The molecular formula is C12H22N2O5S. The van der Waals surface area contributed by atoms with Gasteiger partial charge < -0.3 is 15.3 Å². The summed E-state index contributed by atoms with van der Waals surface area (Å²) >= 11 is 0. The van der Waals surface area contributed by atoms with Crippen LogP contribution in [0.2, 0.25) is 0 Å². The van der Waals surface area contributed by atoms with Crippen LogP contribution < -0.4 is 5.32 Å². The number of hydrogen-bond donors (Lipinski definition) is 2. The number of nitrogens with zero attached hydrogens (tertiary/aromatic N) is 1. The highest BCUT2D eigenvalue weighted by atomic mass is 32.2. The fraction of sp³-hybridized carbons (Fsp3) is 0.833. The van der Waals surface area contributed by atoms with Crippen LogP contribution in [0, 0.1) is 5.92 Å². The number of carbonyl (C=O) groups is 2. The number of carboxylic acid groups (broad SMARTS) is 1. The zero-order valence-electron chi connectivity index (χ0n) is 12.0. The summed E-state index contributed by atoms with van der Waals surface area (Å²) in [6.07, 6.45) is 0.276. The first-order chi connectivity index (χ1) is 9.12. The second kappa shape index (κ2) is 6.43. The van der Waals surface area contributed by atoms with Crippen molar-refractivity contribution in [2.75, 3.05) is 18.6 Å². The van der Waals surface area contributed by atoms with Gasteiger partial charge in [-0.25, -0.2) is 13.2 Å². The van der Waals surface area contributed by atoms with Gasteiger partial charge in [0.15, 0.2) is 9.84 Å². The number of aliphatic carboxylic acids is 1. The van der Waals surface area contributed by atoms with Crippen LogP contribution in [0.25, 0.3) is 0 Å². The van der Waals surface area contributed by atoms with E-state index < -0.39 is 27.9 Å². The monoisotopic (exact) mass is 306 g/mol. The molecule has 1 fully saturated rings. The number of rotatable bonds is 5. The van der Waals surface area contributed by atoms with Crippen molar-refractivity contribution in [3.8, 4) is 0 Å². The zero-order valence-corrected chi connectivity index (χ0v) is 12.8. The van der Waals surface area contributed by atoms with Crippen LogP contribution in [0.1, 0.15) is 26.7 Å². The van der Waals surface area contributed by atoms with Crippen molar-refractivity contribution in [3.63, 3.8) is 0 Å². The summed E-state index contributed by atoms with van der Waals surface area (Å²) in [7, 11) is -1.51. The van der Waals surface area contributed by atoms with E-state index in [4.69, 9.17) is 5.11 Å². The predicted molar refractivity (Wildman–Crippen MR) is 74.2 cm³/mol. The average Bonchev–Trinajstić information content (AvgIpc) is 2.67. The van der Waals surface area contributed by atoms with Gasteiger partial charge in [0.05, 0.1) is 17.9 Å². The van der Waals surface area contributed by atoms with Gasteiger partial charge in [0.1, 0.15) is 0 Å². The SMILES string of the molecule is CC(C)C(CC(=O)O)NC(=O)N(C)C1CCS(=O)(=O)C1. The highest BCUT2D eigenvalue weighted by Crippen LogP contribution is 2.17. The van der Waals surface area contributed by atoms with E-state index in [9.17, 15) is 18.0 Å². The summed E-state index contributed by atoms with van der Waals surface area (Å²) in [6.45, 7) is 3.65. The number of carbonyl (C=O) groups excluding carboxylic acids is 1. The summed E-state index contributed by atoms with van der Waals surface area (Å²) in [5, 5.41) is 11.5. The minimum absolute atomic E-state index is 0.0178. The molecule has 2 amide bonds. The highest BCUT2D eigenvalue weighted by Gasteiger charge is 2.33. The Kier molecular flexibility index (Phi) is 5.38. The van der Waals surface area contributed by atoms with Crippen molar-refractivity contribution in [1.29, 1.82) is 0 Å². The molecule has 1 heterocycles. The van der Waals surface area contributed by atoms with Crippen LogP contribution in [-0.4, -0.2) is 61.1 Å². The van der Waals surface area contributed by atoms with Gasteiger partial charge in [-0.2, -0.15) is 0 Å². The van der Waals surface area contributed by atoms with E-state index in [1.165, 1.54) is 4.90 Å².